The molecule has 0 bridgehead atoms. The molecule has 0 saturated heterocycles. The maximum atomic E-state index is 11.9. The lowest BCUT2D eigenvalue weighted by molar-refractivity contribution is -0.153. The van der Waals surface area contributed by atoms with Crippen molar-refractivity contribution in [1.29, 1.82) is 5.26 Å². The van der Waals surface area contributed by atoms with Crippen molar-refractivity contribution in [1.82, 2.24) is 5.32 Å². The Labute approximate surface area is 101 Å². The van der Waals surface area contributed by atoms with Crippen LogP contribution in [0.2, 0.25) is 0 Å². The minimum atomic E-state index is -4.40. The largest absolute Gasteiger partial charge is 0.484 e. The van der Waals surface area contributed by atoms with Crippen molar-refractivity contribution < 1.29 is 22.7 Å². The molecule has 0 atom stereocenters. The van der Waals surface area contributed by atoms with Gasteiger partial charge >= 0.3 is 6.18 Å². The molecule has 1 aromatic rings. The molecule has 7 heteroatoms. The minimum Gasteiger partial charge on any atom is -0.484 e. The molecule has 0 saturated carbocycles. The van der Waals surface area contributed by atoms with E-state index in [1.807, 2.05) is 0 Å². The molecule has 1 aromatic carbocycles. The van der Waals surface area contributed by atoms with Crippen LogP contribution in [-0.4, -0.2) is 25.2 Å². The van der Waals surface area contributed by atoms with Crippen LogP contribution in [-0.2, 0) is 0 Å². The fourth-order valence-electron chi connectivity index (χ4n) is 1.09. The number of carbonyl (C=O) groups is 1. The molecular weight excluding hydrogens is 249 g/mol. The van der Waals surface area contributed by atoms with Gasteiger partial charge in [-0.2, -0.15) is 18.4 Å². The topological polar surface area (TPSA) is 62.1 Å². The molecule has 0 heterocycles. The second-order valence-electron chi connectivity index (χ2n) is 3.27. The number of nitriles is 1. The maximum absolute atomic E-state index is 11.9. The molecular formula is C11H9F3N2O2. The van der Waals surface area contributed by atoms with E-state index < -0.39 is 18.7 Å². The van der Waals surface area contributed by atoms with Gasteiger partial charge < -0.3 is 10.1 Å². The minimum absolute atomic E-state index is 0.0177. The van der Waals surface area contributed by atoms with Crippen molar-refractivity contribution in [2.75, 3.05) is 13.2 Å². The molecule has 0 fully saturated rings. The van der Waals surface area contributed by atoms with Gasteiger partial charge in [-0.05, 0) is 24.3 Å². The maximum Gasteiger partial charge on any atom is 0.422 e. The Hall–Kier alpha value is -2.23. The summed E-state index contributed by atoms with van der Waals surface area (Å²) in [4.78, 5) is 11.3. The molecule has 0 spiro atoms. The molecule has 0 aliphatic carbocycles. The molecule has 0 unspecified atom stereocenters. The highest BCUT2D eigenvalue weighted by atomic mass is 19.4. The molecule has 1 amide bonds. The van der Waals surface area contributed by atoms with Gasteiger partial charge in [-0.3, -0.25) is 4.79 Å². The summed E-state index contributed by atoms with van der Waals surface area (Å²) in [5.74, 6) is -0.455. The van der Waals surface area contributed by atoms with Crippen LogP contribution in [0, 0.1) is 11.3 Å². The van der Waals surface area contributed by atoms with E-state index in [1.165, 1.54) is 24.3 Å². The van der Waals surface area contributed by atoms with Gasteiger partial charge in [-0.15, -0.1) is 0 Å². The first-order valence-corrected chi connectivity index (χ1v) is 4.87. The summed E-state index contributed by atoms with van der Waals surface area (Å²) in [7, 11) is 0. The number of benzene rings is 1. The van der Waals surface area contributed by atoms with Gasteiger partial charge in [-0.25, -0.2) is 0 Å². The van der Waals surface area contributed by atoms with Crippen molar-refractivity contribution in [2.24, 2.45) is 0 Å². The smallest absolute Gasteiger partial charge is 0.422 e. The Kier molecular flexibility index (Phi) is 4.54. The van der Waals surface area contributed by atoms with Gasteiger partial charge in [0.15, 0.2) is 6.61 Å². The molecule has 18 heavy (non-hydrogen) atoms. The van der Waals surface area contributed by atoms with Crippen LogP contribution >= 0.6 is 0 Å². The monoisotopic (exact) mass is 258 g/mol. The molecule has 0 aromatic heterocycles. The van der Waals surface area contributed by atoms with E-state index in [1.54, 1.807) is 6.07 Å². The third kappa shape index (κ3) is 4.74. The molecule has 1 rings (SSSR count). The zero-order chi connectivity index (χ0) is 13.6. The molecule has 0 aliphatic rings. The summed E-state index contributed by atoms with van der Waals surface area (Å²) >= 11 is 0. The lowest BCUT2D eigenvalue weighted by atomic mass is 10.2. The highest BCUT2D eigenvalue weighted by Crippen LogP contribution is 2.18. The van der Waals surface area contributed by atoms with Gasteiger partial charge in [0.05, 0.1) is 6.07 Å². The van der Waals surface area contributed by atoms with Crippen LogP contribution in [0.5, 0.6) is 5.75 Å². The average Bonchev–Trinajstić information content (AvgIpc) is 2.33. The van der Waals surface area contributed by atoms with Crippen molar-refractivity contribution in [3.05, 3.63) is 29.8 Å². The summed E-state index contributed by atoms with van der Waals surface area (Å²) in [6.07, 6.45) is -4.40. The summed E-state index contributed by atoms with van der Waals surface area (Å²) in [6, 6.07) is 6.88. The zero-order valence-electron chi connectivity index (χ0n) is 9.12. The summed E-state index contributed by atoms with van der Waals surface area (Å²) in [6.45, 7) is -1.52. The van der Waals surface area contributed by atoms with E-state index in [4.69, 9.17) is 5.26 Å². The second-order valence-corrected chi connectivity index (χ2v) is 3.27. The van der Waals surface area contributed by atoms with E-state index in [-0.39, 0.29) is 17.9 Å². The fraction of sp³-hybridized carbons (Fsp3) is 0.273. The Morgan fingerprint density at radius 1 is 1.33 bits per heavy atom. The van der Waals surface area contributed by atoms with Gasteiger partial charge in [0.1, 0.15) is 12.3 Å². The van der Waals surface area contributed by atoms with Crippen molar-refractivity contribution in [2.45, 2.75) is 6.18 Å². The molecule has 0 aliphatic heterocycles. The van der Waals surface area contributed by atoms with Gasteiger partial charge in [0, 0.05) is 5.56 Å². The summed E-state index contributed by atoms with van der Waals surface area (Å²) in [5, 5.41) is 10.6. The first-order chi connectivity index (χ1) is 8.42. The molecule has 96 valence electrons. The molecule has 1 N–H and O–H groups in total. The third-order valence-corrected chi connectivity index (χ3v) is 1.85. The van der Waals surface area contributed by atoms with Crippen molar-refractivity contribution in [3.63, 3.8) is 0 Å². The number of rotatable bonds is 4. The fourth-order valence-corrected chi connectivity index (χ4v) is 1.09. The predicted molar refractivity (Wildman–Crippen MR) is 55.9 cm³/mol. The number of amides is 1. The number of halogens is 3. The van der Waals surface area contributed by atoms with E-state index >= 15 is 0 Å². The van der Waals surface area contributed by atoms with Crippen molar-refractivity contribution >= 4 is 5.91 Å². The lowest BCUT2D eigenvalue weighted by Crippen LogP contribution is -2.23. The SMILES string of the molecule is N#CCNC(=O)c1ccc(OCC(F)(F)F)cc1. The van der Waals surface area contributed by atoms with Crippen LogP contribution in [0.25, 0.3) is 0 Å². The standard InChI is InChI=1S/C11H9F3N2O2/c12-11(13,14)7-18-9-3-1-8(2-4-9)10(17)16-6-5-15/h1-4H,6-7H2,(H,16,17). The average molecular weight is 258 g/mol. The van der Waals surface area contributed by atoms with Gasteiger partial charge in [0.2, 0.25) is 0 Å². The Morgan fingerprint density at radius 3 is 2.44 bits per heavy atom. The highest BCUT2D eigenvalue weighted by Gasteiger charge is 2.28. The number of alkyl halides is 3. The number of hydrogen-bond donors (Lipinski definition) is 1. The quantitative estimate of drug-likeness (QED) is 0.839. The lowest BCUT2D eigenvalue weighted by Gasteiger charge is -2.09. The predicted octanol–water partition coefficient (Wildman–Crippen LogP) is 1.88. The van der Waals surface area contributed by atoms with Gasteiger partial charge in [0.25, 0.3) is 5.91 Å². The Bertz CT molecular complexity index is 449. The van der Waals surface area contributed by atoms with E-state index in [2.05, 4.69) is 10.1 Å². The van der Waals surface area contributed by atoms with Gasteiger partial charge in [-0.1, -0.05) is 0 Å². The number of carbonyl (C=O) groups excluding carboxylic acids is 1. The number of hydrogen-bond acceptors (Lipinski definition) is 3. The van der Waals surface area contributed by atoms with E-state index in [0.717, 1.165) is 0 Å². The molecule has 4 nitrogen and oxygen atoms in total. The first kappa shape index (κ1) is 13.8. The number of ether oxygens (including phenoxy) is 1. The Balaban J connectivity index is 2.58. The van der Waals surface area contributed by atoms with E-state index in [0.29, 0.717) is 0 Å². The number of nitrogens with zero attached hydrogens (tertiary/aromatic N) is 1. The first-order valence-electron chi connectivity index (χ1n) is 4.87. The van der Waals surface area contributed by atoms with Crippen LogP contribution in [0.1, 0.15) is 10.4 Å². The van der Waals surface area contributed by atoms with Crippen LogP contribution < -0.4 is 10.1 Å². The number of nitrogens with one attached hydrogen (secondary N) is 1. The zero-order valence-corrected chi connectivity index (χ0v) is 9.12. The van der Waals surface area contributed by atoms with Crippen LogP contribution in [0.15, 0.2) is 24.3 Å². The normalized spacial score (nSPS) is 10.6. The summed E-state index contributed by atoms with van der Waals surface area (Å²) < 4.78 is 40.1. The second kappa shape index (κ2) is 5.91. The van der Waals surface area contributed by atoms with Crippen LogP contribution in [0.4, 0.5) is 13.2 Å². The van der Waals surface area contributed by atoms with Crippen molar-refractivity contribution in [3.8, 4) is 11.8 Å². The molecule has 0 radical (unpaired) electrons. The third-order valence-electron chi connectivity index (χ3n) is 1.85. The van der Waals surface area contributed by atoms with E-state index in [9.17, 15) is 18.0 Å². The highest BCUT2D eigenvalue weighted by molar-refractivity contribution is 5.94. The van der Waals surface area contributed by atoms with Crippen LogP contribution in [0.3, 0.4) is 0 Å². The Morgan fingerprint density at radius 2 is 1.94 bits per heavy atom. The summed E-state index contributed by atoms with van der Waals surface area (Å²) in [5.41, 5.74) is 0.240.